The summed E-state index contributed by atoms with van der Waals surface area (Å²) in [7, 11) is 0. The first-order chi connectivity index (χ1) is 7.27. The molecule has 0 atom stereocenters. The Morgan fingerprint density at radius 1 is 1.38 bits per heavy atom. The van der Waals surface area contributed by atoms with E-state index in [-0.39, 0.29) is 10.5 Å². The molecule has 0 bridgehead atoms. The predicted molar refractivity (Wildman–Crippen MR) is 69.0 cm³/mol. The molecule has 2 rings (SSSR count). The van der Waals surface area contributed by atoms with Crippen LogP contribution in [0.2, 0.25) is 0 Å². The van der Waals surface area contributed by atoms with Crippen molar-refractivity contribution in [2.75, 3.05) is 0 Å². The number of fused-ring (bicyclic) bond motifs is 1. The molecule has 0 radical (unpaired) electrons. The third-order valence-corrected chi connectivity index (χ3v) is 3.53. The largest absolute Gasteiger partial charge is 0.475 e. The molecule has 88 valence electrons. The summed E-state index contributed by atoms with van der Waals surface area (Å²) >= 11 is 1.77. The average Bonchev–Trinajstić information content (AvgIpc) is 2.37. The summed E-state index contributed by atoms with van der Waals surface area (Å²) in [5.41, 5.74) is 7.08. The summed E-state index contributed by atoms with van der Waals surface area (Å²) in [5.74, 6) is 1.02. The number of rotatable bonds is 2. The molecule has 2 N–H and O–H groups in total. The first kappa shape index (κ1) is 11.8. The molecule has 0 aromatic heterocycles. The molecule has 1 aliphatic heterocycles. The highest BCUT2D eigenvalue weighted by atomic mass is 32.2. The van der Waals surface area contributed by atoms with Gasteiger partial charge in [0.25, 0.3) is 0 Å². The van der Waals surface area contributed by atoms with Crippen LogP contribution in [-0.2, 0) is 6.42 Å². The number of para-hydroxylation sites is 1. The Kier molecular flexibility index (Phi) is 2.71. The topological polar surface area (TPSA) is 35.2 Å². The van der Waals surface area contributed by atoms with E-state index < -0.39 is 0 Å². The number of thioether (sulfide) groups is 1. The van der Waals surface area contributed by atoms with Crippen molar-refractivity contribution in [1.29, 1.82) is 0 Å². The lowest BCUT2D eigenvalue weighted by molar-refractivity contribution is 0.212. The highest BCUT2D eigenvalue weighted by Gasteiger charge is 2.33. The molecule has 3 heteroatoms. The minimum atomic E-state index is -0.199. The van der Waals surface area contributed by atoms with Crippen LogP contribution in [0, 0.1) is 0 Å². The predicted octanol–water partition coefficient (Wildman–Crippen LogP) is 3.19. The second-order valence-electron chi connectivity index (χ2n) is 5.51. The van der Waals surface area contributed by atoms with Crippen LogP contribution in [0.1, 0.15) is 33.3 Å². The smallest absolute Gasteiger partial charge is 0.153 e. The molecule has 1 heterocycles. The summed E-state index contributed by atoms with van der Waals surface area (Å²) in [4.78, 5) is 1.07. The summed E-state index contributed by atoms with van der Waals surface area (Å²) in [5, 5.41) is 0. The van der Waals surface area contributed by atoms with Gasteiger partial charge in [0.05, 0.1) is 4.90 Å². The van der Waals surface area contributed by atoms with Crippen LogP contribution in [0.15, 0.2) is 23.1 Å². The van der Waals surface area contributed by atoms with Gasteiger partial charge in [-0.3, -0.25) is 0 Å². The molecule has 0 aliphatic carbocycles. The highest BCUT2D eigenvalue weighted by molar-refractivity contribution is 8.00. The lowest BCUT2D eigenvalue weighted by Crippen LogP contribution is -2.34. The number of hydrogen-bond acceptors (Lipinski definition) is 3. The molecule has 16 heavy (non-hydrogen) atoms. The Morgan fingerprint density at radius 2 is 2.06 bits per heavy atom. The van der Waals surface area contributed by atoms with E-state index >= 15 is 0 Å². The standard InChI is InChI=1S/C13H19NOS/c1-12(2,14)8-9-6-5-7-10-11(9)15-13(3,4)16-10/h5-7H,8,14H2,1-4H3. The van der Waals surface area contributed by atoms with E-state index in [0.29, 0.717) is 0 Å². The van der Waals surface area contributed by atoms with E-state index in [1.54, 1.807) is 11.8 Å². The lowest BCUT2D eigenvalue weighted by Gasteiger charge is -2.21. The molecule has 0 amide bonds. The fraction of sp³-hybridized carbons (Fsp3) is 0.538. The number of hydrogen-bond donors (Lipinski definition) is 1. The maximum atomic E-state index is 6.07. The third kappa shape index (κ3) is 2.53. The third-order valence-electron chi connectivity index (χ3n) is 2.41. The van der Waals surface area contributed by atoms with Crippen molar-refractivity contribution in [3.63, 3.8) is 0 Å². The van der Waals surface area contributed by atoms with Gasteiger partial charge in [-0.25, -0.2) is 0 Å². The number of ether oxygens (including phenoxy) is 1. The van der Waals surface area contributed by atoms with Crippen molar-refractivity contribution in [3.8, 4) is 5.75 Å². The maximum Gasteiger partial charge on any atom is 0.153 e. The summed E-state index contributed by atoms with van der Waals surface area (Å²) < 4.78 is 5.98. The van der Waals surface area contributed by atoms with Gasteiger partial charge in [0.15, 0.2) is 4.93 Å². The number of benzene rings is 1. The normalized spacial score (nSPS) is 18.1. The minimum Gasteiger partial charge on any atom is -0.475 e. The molecule has 1 aromatic rings. The van der Waals surface area contributed by atoms with Crippen molar-refractivity contribution in [3.05, 3.63) is 23.8 Å². The lowest BCUT2D eigenvalue weighted by atomic mass is 9.95. The Balaban J connectivity index is 2.34. The monoisotopic (exact) mass is 237 g/mol. The van der Waals surface area contributed by atoms with Gasteiger partial charge in [0, 0.05) is 5.54 Å². The highest BCUT2D eigenvalue weighted by Crippen LogP contribution is 2.48. The second kappa shape index (κ2) is 3.67. The van der Waals surface area contributed by atoms with Gasteiger partial charge in [0.2, 0.25) is 0 Å². The van der Waals surface area contributed by atoms with E-state index in [0.717, 1.165) is 12.2 Å². The van der Waals surface area contributed by atoms with Crippen molar-refractivity contribution in [1.82, 2.24) is 0 Å². The first-order valence-corrected chi connectivity index (χ1v) is 6.37. The summed E-state index contributed by atoms with van der Waals surface area (Å²) in [6.45, 7) is 8.27. The van der Waals surface area contributed by atoms with Crippen LogP contribution in [0.4, 0.5) is 0 Å². The molecule has 1 aliphatic rings. The zero-order valence-corrected chi connectivity index (χ0v) is 11.1. The average molecular weight is 237 g/mol. The first-order valence-electron chi connectivity index (χ1n) is 5.56. The molecular formula is C13H19NOS. The van der Waals surface area contributed by atoms with Crippen LogP contribution >= 0.6 is 11.8 Å². The number of nitrogens with two attached hydrogens (primary N) is 1. The zero-order chi connectivity index (χ0) is 12.0. The van der Waals surface area contributed by atoms with Gasteiger partial charge in [-0.15, -0.1) is 0 Å². The molecule has 2 nitrogen and oxygen atoms in total. The Labute approximate surface area is 102 Å². The van der Waals surface area contributed by atoms with Gasteiger partial charge in [-0.2, -0.15) is 0 Å². The molecule has 0 unspecified atom stereocenters. The van der Waals surface area contributed by atoms with Crippen molar-refractivity contribution in [2.24, 2.45) is 5.73 Å². The molecule has 0 saturated heterocycles. The Hall–Kier alpha value is -0.670. The summed E-state index contributed by atoms with van der Waals surface area (Å²) in [6, 6.07) is 6.30. The van der Waals surface area contributed by atoms with Gasteiger partial charge >= 0.3 is 0 Å². The van der Waals surface area contributed by atoms with Crippen LogP contribution in [0.3, 0.4) is 0 Å². The zero-order valence-electron chi connectivity index (χ0n) is 10.3. The van der Waals surface area contributed by atoms with Crippen LogP contribution in [0.5, 0.6) is 5.75 Å². The minimum absolute atomic E-state index is 0.156. The van der Waals surface area contributed by atoms with Crippen molar-refractivity contribution >= 4 is 11.8 Å². The fourth-order valence-corrected chi connectivity index (χ4v) is 2.99. The quantitative estimate of drug-likeness (QED) is 0.858. The Morgan fingerprint density at radius 3 is 2.69 bits per heavy atom. The van der Waals surface area contributed by atoms with Gasteiger partial charge in [0.1, 0.15) is 5.75 Å². The van der Waals surface area contributed by atoms with Crippen LogP contribution in [0.25, 0.3) is 0 Å². The van der Waals surface area contributed by atoms with Gasteiger partial charge in [-0.05, 0) is 45.7 Å². The molecule has 0 spiro atoms. The fourth-order valence-electron chi connectivity index (χ4n) is 1.92. The second-order valence-corrected chi connectivity index (χ2v) is 7.14. The van der Waals surface area contributed by atoms with E-state index in [9.17, 15) is 0 Å². The molecule has 0 saturated carbocycles. The Bertz CT molecular complexity index is 407. The molecule has 0 fully saturated rings. The van der Waals surface area contributed by atoms with E-state index in [2.05, 4.69) is 32.0 Å². The van der Waals surface area contributed by atoms with E-state index in [4.69, 9.17) is 10.5 Å². The van der Waals surface area contributed by atoms with Gasteiger partial charge in [-0.1, -0.05) is 23.9 Å². The molecular weight excluding hydrogens is 218 g/mol. The van der Waals surface area contributed by atoms with Crippen molar-refractivity contribution in [2.45, 2.75) is 49.5 Å². The van der Waals surface area contributed by atoms with Gasteiger partial charge < -0.3 is 10.5 Å². The van der Waals surface area contributed by atoms with Crippen LogP contribution in [-0.4, -0.2) is 10.5 Å². The van der Waals surface area contributed by atoms with Crippen molar-refractivity contribution < 1.29 is 4.74 Å². The summed E-state index contributed by atoms with van der Waals surface area (Å²) in [6.07, 6.45) is 0.840. The van der Waals surface area contributed by atoms with Crippen LogP contribution < -0.4 is 10.5 Å². The SMILES string of the molecule is CC(C)(N)Cc1cccc2c1OC(C)(C)S2. The molecule has 1 aromatic carbocycles. The maximum absolute atomic E-state index is 6.07. The van der Waals surface area contributed by atoms with E-state index in [1.807, 2.05) is 13.8 Å². The van der Waals surface area contributed by atoms with E-state index in [1.165, 1.54) is 10.5 Å².